The van der Waals surface area contributed by atoms with Crippen LogP contribution in [0.1, 0.15) is 21.6 Å². The molecular weight excluding hydrogens is 364 g/mol. The fourth-order valence-corrected chi connectivity index (χ4v) is 5.25. The highest BCUT2D eigenvalue weighted by atomic mass is 32.2. The number of hydrogen-bond donors (Lipinski definition) is 0. The van der Waals surface area contributed by atoms with Crippen molar-refractivity contribution in [1.82, 2.24) is 0 Å². The first-order chi connectivity index (χ1) is 13.4. The molecule has 0 aliphatic rings. The van der Waals surface area contributed by atoms with E-state index in [0.29, 0.717) is 0 Å². The Morgan fingerprint density at radius 1 is 0.593 bits per heavy atom. The second-order valence-corrected chi connectivity index (χ2v) is 8.31. The Morgan fingerprint density at radius 2 is 1.07 bits per heavy atom. The minimum Gasteiger partial charge on any atom is -0.144 e. The van der Waals surface area contributed by atoms with Crippen LogP contribution in [0, 0.1) is 0 Å². The normalized spacial score (nSPS) is 11.7. The molecule has 1 heterocycles. The highest BCUT2D eigenvalue weighted by Gasteiger charge is 2.36. The van der Waals surface area contributed by atoms with Crippen LogP contribution < -0.4 is 0 Å². The highest BCUT2D eigenvalue weighted by Crippen LogP contribution is 2.49. The predicted octanol–water partition coefficient (Wildman–Crippen LogP) is 7.44. The van der Waals surface area contributed by atoms with Crippen molar-refractivity contribution >= 4 is 29.2 Å². The van der Waals surface area contributed by atoms with Crippen molar-refractivity contribution in [3.8, 4) is 0 Å². The van der Waals surface area contributed by atoms with E-state index < -0.39 is 0 Å². The van der Waals surface area contributed by atoms with Crippen LogP contribution in [0.5, 0.6) is 0 Å². The maximum absolute atomic E-state index is 2.23. The Hall–Kier alpha value is -2.55. The summed E-state index contributed by atoms with van der Waals surface area (Å²) in [5, 5.41) is 4.35. The molecule has 0 aliphatic heterocycles. The number of benzene rings is 3. The van der Waals surface area contributed by atoms with E-state index in [-0.39, 0.29) is 4.75 Å². The van der Waals surface area contributed by atoms with E-state index >= 15 is 0 Å². The van der Waals surface area contributed by atoms with Crippen molar-refractivity contribution in [1.29, 1.82) is 0 Å². The summed E-state index contributed by atoms with van der Waals surface area (Å²) in [7, 11) is 0. The topological polar surface area (TPSA) is 0 Å². The van der Waals surface area contributed by atoms with E-state index in [2.05, 4.69) is 120 Å². The summed E-state index contributed by atoms with van der Waals surface area (Å²) in [6.45, 7) is 0. The molecule has 0 fully saturated rings. The SMILES string of the molecule is C(=Cc1cccs1)SC(c1ccccc1)(c1ccccc1)c1ccccc1. The molecule has 0 unspecified atom stereocenters. The standard InChI is InChI=1S/C25H20S2/c1-4-11-21(12-5-1)25(22-13-6-2-7-14-22,23-15-8-3-9-16-23)27-20-18-24-17-10-19-26-24/h1-20H. The molecule has 1 aromatic heterocycles. The van der Waals surface area contributed by atoms with Gasteiger partial charge < -0.3 is 0 Å². The lowest BCUT2D eigenvalue weighted by Crippen LogP contribution is -2.24. The largest absolute Gasteiger partial charge is 0.144 e. The van der Waals surface area contributed by atoms with Crippen LogP contribution >= 0.6 is 23.1 Å². The average Bonchev–Trinajstić information content (AvgIpc) is 3.27. The van der Waals surface area contributed by atoms with E-state index in [9.17, 15) is 0 Å². The van der Waals surface area contributed by atoms with Crippen LogP contribution in [0.25, 0.3) is 6.08 Å². The van der Waals surface area contributed by atoms with Gasteiger partial charge >= 0.3 is 0 Å². The Labute approximate surface area is 169 Å². The smallest absolute Gasteiger partial charge is 0.0948 e. The molecule has 0 nitrogen and oxygen atoms in total. The van der Waals surface area contributed by atoms with Gasteiger partial charge in [-0.2, -0.15) is 0 Å². The molecule has 0 saturated heterocycles. The zero-order valence-electron chi connectivity index (χ0n) is 14.9. The van der Waals surface area contributed by atoms with Crippen LogP contribution in [0.15, 0.2) is 114 Å². The van der Waals surface area contributed by atoms with Crippen LogP contribution in [-0.2, 0) is 4.75 Å². The number of hydrogen-bond acceptors (Lipinski definition) is 2. The molecule has 132 valence electrons. The van der Waals surface area contributed by atoms with Gasteiger partial charge in [0.2, 0.25) is 0 Å². The lowest BCUT2D eigenvalue weighted by Gasteiger charge is -2.34. The average molecular weight is 385 g/mol. The molecule has 4 aromatic rings. The van der Waals surface area contributed by atoms with Crippen LogP contribution in [0.3, 0.4) is 0 Å². The van der Waals surface area contributed by atoms with Crippen molar-refractivity contribution in [3.63, 3.8) is 0 Å². The highest BCUT2D eigenvalue weighted by molar-refractivity contribution is 8.03. The molecule has 0 bridgehead atoms. The summed E-state index contributed by atoms with van der Waals surface area (Å²) >= 11 is 3.61. The maximum atomic E-state index is 2.23. The van der Waals surface area contributed by atoms with Gasteiger partial charge in [0, 0.05) is 4.88 Å². The Morgan fingerprint density at radius 3 is 1.48 bits per heavy atom. The molecule has 4 rings (SSSR count). The summed E-state index contributed by atoms with van der Waals surface area (Å²) in [4.78, 5) is 1.27. The van der Waals surface area contributed by atoms with Crippen LogP contribution in [0.2, 0.25) is 0 Å². The second kappa shape index (κ2) is 8.43. The number of rotatable bonds is 6. The lowest BCUT2D eigenvalue weighted by atomic mass is 9.84. The predicted molar refractivity (Wildman–Crippen MR) is 120 cm³/mol. The van der Waals surface area contributed by atoms with E-state index in [1.54, 1.807) is 11.3 Å². The zero-order chi connectivity index (χ0) is 18.4. The summed E-state index contributed by atoms with van der Waals surface area (Å²) in [6.07, 6.45) is 2.21. The van der Waals surface area contributed by atoms with Crippen molar-refractivity contribution in [2.24, 2.45) is 0 Å². The molecule has 0 saturated carbocycles. The third-order valence-electron chi connectivity index (χ3n) is 4.56. The van der Waals surface area contributed by atoms with Crippen molar-refractivity contribution in [2.45, 2.75) is 4.75 Å². The zero-order valence-corrected chi connectivity index (χ0v) is 16.5. The van der Waals surface area contributed by atoms with Crippen molar-refractivity contribution in [2.75, 3.05) is 0 Å². The fraction of sp³-hybridized carbons (Fsp3) is 0.0400. The summed E-state index contributed by atoms with van der Waals surface area (Å²) in [5.74, 6) is 0. The molecule has 0 amide bonds. The Kier molecular flexibility index (Phi) is 5.57. The molecule has 0 spiro atoms. The first-order valence-electron chi connectivity index (χ1n) is 8.94. The fourth-order valence-electron chi connectivity index (χ4n) is 3.31. The Balaban J connectivity index is 1.89. The lowest BCUT2D eigenvalue weighted by molar-refractivity contribution is 0.900. The Bertz CT molecular complexity index is 876. The van der Waals surface area contributed by atoms with E-state index in [4.69, 9.17) is 0 Å². The van der Waals surface area contributed by atoms with Gasteiger partial charge in [-0.1, -0.05) is 97.1 Å². The van der Waals surface area contributed by atoms with Gasteiger partial charge in [-0.05, 0) is 39.6 Å². The number of thiophene rings is 1. The molecule has 0 atom stereocenters. The molecule has 3 aromatic carbocycles. The van der Waals surface area contributed by atoms with Gasteiger partial charge in [-0.3, -0.25) is 0 Å². The summed E-state index contributed by atoms with van der Waals surface area (Å²) in [5.41, 5.74) is 3.84. The molecule has 0 N–H and O–H groups in total. The van der Waals surface area contributed by atoms with Gasteiger partial charge in [-0.15, -0.1) is 23.1 Å². The van der Waals surface area contributed by atoms with E-state index in [1.807, 2.05) is 11.8 Å². The maximum Gasteiger partial charge on any atom is 0.0948 e. The van der Waals surface area contributed by atoms with Gasteiger partial charge in [0.25, 0.3) is 0 Å². The van der Waals surface area contributed by atoms with Gasteiger partial charge in [0.1, 0.15) is 0 Å². The van der Waals surface area contributed by atoms with E-state index in [0.717, 1.165) is 0 Å². The quantitative estimate of drug-likeness (QED) is 0.311. The molecule has 0 radical (unpaired) electrons. The minimum atomic E-state index is -0.294. The first-order valence-corrected chi connectivity index (χ1v) is 10.7. The van der Waals surface area contributed by atoms with Gasteiger partial charge in [0.15, 0.2) is 0 Å². The molecule has 0 aliphatic carbocycles. The van der Waals surface area contributed by atoms with Crippen LogP contribution in [0.4, 0.5) is 0 Å². The van der Waals surface area contributed by atoms with Crippen LogP contribution in [-0.4, -0.2) is 0 Å². The van der Waals surface area contributed by atoms with Gasteiger partial charge in [0.05, 0.1) is 4.75 Å². The third kappa shape index (κ3) is 3.78. The monoisotopic (exact) mass is 384 g/mol. The third-order valence-corrected chi connectivity index (χ3v) is 6.73. The minimum absolute atomic E-state index is 0.294. The van der Waals surface area contributed by atoms with E-state index in [1.165, 1.54) is 21.6 Å². The summed E-state index contributed by atoms with van der Waals surface area (Å²) < 4.78 is -0.294. The first kappa shape index (κ1) is 17.8. The second-order valence-electron chi connectivity index (χ2n) is 6.22. The number of thioether (sulfide) groups is 1. The molecule has 27 heavy (non-hydrogen) atoms. The summed E-state index contributed by atoms with van der Waals surface area (Å²) in [6, 6.07) is 36.6. The van der Waals surface area contributed by atoms with Crippen molar-refractivity contribution < 1.29 is 0 Å². The molecular formula is C25H20S2. The molecule has 2 heteroatoms. The van der Waals surface area contributed by atoms with Gasteiger partial charge in [-0.25, -0.2) is 0 Å². The van der Waals surface area contributed by atoms with Crippen molar-refractivity contribution in [3.05, 3.63) is 135 Å².